The summed E-state index contributed by atoms with van der Waals surface area (Å²) in [7, 11) is 3.06. The molecular weight excluding hydrogens is 294 g/mol. The lowest BCUT2D eigenvalue weighted by atomic mass is 9.88. The zero-order chi connectivity index (χ0) is 16.4. The second kappa shape index (κ2) is 4.49. The summed E-state index contributed by atoms with van der Waals surface area (Å²) in [6, 6.07) is 5.85. The first-order chi connectivity index (χ1) is 11.1. The number of fused-ring (bicyclic) bond motifs is 3. The lowest BCUT2D eigenvalue weighted by Crippen LogP contribution is -2.45. The van der Waals surface area contributed by atoms with Crippen molar-refractivity contribution in [3.8, 4) is 5.75 Å². The molecule has 23 heavy (non-hydrogen) atoms. The average Bonchev–Trinajstić information content (AvgIpc) is 3.08. The summed E-state index contributed by atoms with van der Waals surface area (Å²) in [6.07, 6.45) is 2.38. The minimum absolute atomic E-state index is 0.142. The van der Waals surface area contributed by atoms with E-state index in [4.69, 9.17) is 9.47 Å². The van der Waals surface area contributed by atoms with E-state index in [0.29, 0.717) is 18.6 Å². The molecule has 0 saturated heterocycles. The van der Waals surface area contributed by atoms with Gasteiger partial charge in [-0.25, -0.2) is 4.79 Å². The van der Waals surface area contributed by atoms with Gasteiger partial charge in [-0.1, -0.05) is 6.92 Å². The van der Waals surface area contributed by atoms with Crippen LogP contribution in [-0.2, 0) is 14.9 Å². The third kappa shape index (κ3) is 1.44. The number of nitrogens with zero attached hydrogens (tertiary/aromatic N) is 1. The second-order valence-corrected chi connectivity index (χ2v) is 6.73. The van der Waals surface area contributed by atoms with Crippen LogP contribution in [0.4, 0.5) is 10.5 Å². The van der Waals surface area contributed by atoms with E-state index in [1.807, 2.05) is 23.1 Å². The van der Waals surface area contributed by atoms with Gasteiger partial charge in [-0.3, -0.25) is 9.69 Å². The predicted octanol–water partition coefficient (Wildman–Crippen LogP) is 3.05. The predicted molar refractivity (Wildman–Crippen MR) is 84.9 cm³/mol. The second-order valence-electron chi connectivity index (χ2n) is 6.73. The maximum atomic E-state index is 12.5. The molecule has 2 aliphatic carbocycles. The van der Waals surface area contributed by atoms with E-state index in [2.05, 4.69) is 6.92 Å². The van der Waals surface area contributed by atoms with Gasteiger partial charge in [0.1, 0.15) is 11.5 Å². The highest BCUT2D eigenvalue weighted by atomic mass is 16.5. The van der Waals surface area contributed by atoms with Gasteiger partial charge in [-0.15, -0.1) is 0 Å². The molecule has 0 aromatic heterocycles. The Balaban J connectivity index is 1.94. The van der Waals surface area contributed by atoms with Gasteiger partial charge in [0.05, 0.1) is 25.4 Å². The van der Waals surface area contributed by atoms with Crippen LogP contribution in [0.15, 0.2) is 18.2 Å². The van der Waals surface area contributed by atoms with Gasteiger partial charge < -0.3 is 9.47 Å². The van der Waals surface area contributed by atoms with Crippen molar-refractivity contribution in [1.82, 2.24) is 0 Å². The molecule has 2 saturated carbocycles. The number of ether oxygens (including phenoxy) is 2. The van der Waals surface area contributed by atoms with Crippen molar-refractivity contribution in [3.63, 3.8) is 0 Å². The summed E-state index contributed by atoms with van der Waals surface area (Å²) in [4.78, 5) is 26.4. The fourth-order valence-electron chi connectivity index (χ4n) is 5.46. The van der Waals surface area contributed by atoms with Gasteiger partial charge in [0.2, 0.25) is 0 Å². The normalized spacial score (nSPS) is 33.6. The highest BCUT2D eigenvalue weighted by Gasteiger charge is 2.84. The Morgan fingerprint density at radius 3 is 2.83 bits per heavy atom. The van der Waals surface area contributed by atoms with E-state index < -0.39 is 0 Å². The standard InChI is InChI=1S/C18H21NO4/c1-4-17-13-10-12(22-2)5-6-14(13)19(16(21)23-3)18(17)8-7-11(20)9-15(17)18/h5-6,10,15H,4,7-9H2,1-3H3/t15-,17-,18+/m0/s1. The fourth-order valence-corrected chi connectivity index (χ4v) is 5.46. The Labute approximate surface area is 135 Å². The Morgan fingerprint density at radius 2 is 2.17 bits per heavy atom. The maximum Gasteiger partial charge on any atom is 0.414 e. The van der Waals surface area contributed by atoms with E-state index in [1.54, 1.807) is 7.11 Å². The quantitative estimate of drug-likeness (QED) is 0.841. The summed E-state index contributed by atoms with van der Waals surface area (Å²) >= 11 is 0. The number of benzene rings is 1. The van der Waals surface area contributed by atoms with Gasteiger partial charge >= 0.3 is 6.09 Å². The molecule has 0 N–H and O–H groups in total. The topological polar surface area (TPSA) is 55.8 Å². The Morgan fingerprint density at radius 1 is 1.39 bits per heavy atom. The monoisotopic (exact) mass is 315 g/mol. The fraction of sp³-hybridized carbons (Fsp3) is 0.556. The third-order valence-corrected chi connectivity index (χ3v) is 6.32. The maximum absolute atomic E-state index is 12.5. The number of ketones is 1. The molecule has 1 aliphatic heterocycles. The molecular formula is C18H21NO4. The van der Waals surface area contributed by atoms with Crippen molar-refractivity contribution in [2.75, 3.05) is 19.1 Å². The van der Waals surface area contributed by atoms with Crippen molar-refractivity contribution in [2.45, 2.75) is 43.6 Å². The number of rotatable bonds is 2. The molecule has 122 valence electrons. The minimum Gasteiger partial charge on any atom is -0.497 e. The zero-order valence-corrected chi connectivity index (χ0v) is 13.7. The molecule has 0 radical (unpaired) electrons. The largest absolute Gasteiger partial charge is 0.497 e. The lowest BCUT2D eigenvalue weighted by Gasteiger charge is -2.32. The molecule has 1 aromatic carbocycles. The van der Waals surface area contributed by atoms with Crippen LogP contribution in [0.2, 0.25) is 0 Å². The van der Waals surface area contributed by atoms with Crippen LogP contribution in [0.3, 0.4) is 0 Å². The summed E-state index contributed by atoms with van der Waals surface area (Å²) in [5.74, 6) is 1.28. The molecule has 4 rings (SSSR count). The third-order valence-electron chi connectivity index (χ3n) is 6.32. The van der Waals surface area contributed by atoms with Crippen LogP contribution in [0.25, 0.3) is 0 Å². The number of hydrogen-bond acceptors (Lipinski definition) is 4. The van der Waals surface area contributed by atoms with Gasteiger partial charge in [0.15, 0.2) is 0 Å². The van der Waals surface area contributed by atoms with Crippen LogP contribution >= 0.6 is 0 Å². The molecule has 2 fully saturated rings. The van der Waals surface area contributed by atoms with Gasteiger partial charge in [-0.2, -0.15) is 0 Å². The summed E-state index contributed by atoms with van der Waals surface area (Å²) in [6.45, 7) is 2.15. The van der Waals surface area contributed by atoms with Crippen molar-refractivity contribution < 1.29 is 19.1 Å². The van der Waals surface area contributed by atoms with Crippen LogP contribution in [0.5, 0.6) is 5.75 Å². The van der Waals surface area contributed by atoms with Gasteiger partial charge in [0.25, 0.3) is 0 Å². The van der Waals surface area contributed by atoms with Crippen LogP contribution < -0.4 is 9.64 Å². The lowest BCUT2D eigenvalue weighted by molar-refractivity contribution is -0.120. The molecule has 0 unspecified atom stereocenters. The van der Waals surface area contributed by atoms with Crippen LogP contribution in [0, 0.1) is 5.92 Å². The first-order valence-corrected chi connectivity index (χ1v) is 8.15. The molecule has 0 bridgehead atoms. The van der Waals surface area contributed by atoms with Gasteiger partial charge in [-0.05, 0) is 36.6 Å². The molecule has 1 aromatic rings. The number of methoxy groups -OCH3 is 2. The van der Waals surface area contributed by atoms with E-state index in [0.717, 1.165) is 29.8 Å². The number of anilines is 1. The Bertz CT molecular complexity index is 715. The SMILES string of the molecule is CC[C@@]12c3cc(OC)ccc3N(C(=O)OC)[C@@]13CCC(=O)C[C@@H]23. The van der Waals surface area contributed by atoms with E-state index in [1.165, 1.54) is 7.11 Å². The number of amides is 1. The van der Waals surface area contributed by atoms with Crippen molar-refractivity contribution in [2.24, 2.45) is 5.92 Å². The summed E-state index contributed by atoms with van der Waals surface area (Å²) in [5.41, 5.74) is 1.60. The van der Waals surface area contributed by atoms with Crippen molar-refractivity contribution in [1.29, 1.82) is 0 Å². The summed E-state index contributed by atoms with van der Waals surface area (Å²) < 4.78 is 10.5. The van der Waals surface area contributed by atoms with Crippen molar-refractivity contribution in [3.05, 3.63) is 23.8 Å². The van der Waals surface area contributed by atoms with Crippen LogP contribution in [0.1, 0.15) is 38.2 Å². The highest BCUT2D eigenvalue weighted by Crippen LogP contribution is 2.78. The first-order valence-electron chi connectivity index (χ1n) is 8.15. The molecule has 1 heterocycles. The molecule has 5 heteroatoms. The number of Topliss-reactive ketones (excluding diaryl/α,β-unsaturated/α-hetero) is 1. The molecule has 1 spiro atoms. The average molecular weight is 315 g/mol. The molecule has 1 amide bonds. The minimum atomic E-state index is -0.330. The molecule has 3 aliphatic rings. The van der Waals surface area contributed by atoms with Gasteiger partial charge in [0, 0.05) is 24.2 Å². The number of carbonyl (C=O) groups is 2. The number of carbonyl (C=O) groups excluding carboxylic acids is 2. The highest BCUT2D eigenvalue weighted by molar-refractivity contribution is 5.99. The van der Waals surface area contributed by atoms with E-state index in [9.17, 15) is 9.59 Å². The van der Waals surface area contributed by atoms with Crippen molar-refractivity contribution >= 4 is 17.6 Å². The van der Waals surface area contributed by atoms with E-state index in [-0.39, 0.29) is 23.0 Å². The van der Waals surface area contributed by atoms with Crippen LogP contribution in [-0.4, -0.2) is 31.6 Å². The smallest absolute Gasteiger partial charge is 0.414 e. The Kier molecular flexibility index (Phi) is 2.84. The molecule has 3 atom stereocenters. The Hall–Kier alpha value is -2.04. The zero-order valence-electron chi connectivity index (χ0n) is 13.7. The molecule has 5 nitrogen and oxygen atoms in total. The summed E-state index contributed by atoms with van der Waals surface area (Å²) in [5, 5.41) is 0. The number of hydrogen-bond donors (Lipinski definition) is 0. The van der Waals surface area contributed by atoms with E-state index >= 15 is 0 Å². The first kappa shape index (κ1) is 14.5.